The van der Waals surface area contributed by atoms with E-state index in [1.54, 1.807) is 28.3 Å². The molecular weight excluding hydrogens is 408 g/mol. The first-order valence-corrected chi connectivity index (χ1v) is 10.1. The maximum atomic E-state index is 13.2. The largest absolute Gasteiger partial charge is 0.508 e. The average molecular weight is 435 g/mol. The Labute approximate surface area is 181 Å². The molecule has 1 N–H and O–H groups in total. The van der Waals surface area contributed by atoms with Gasteiger partial charge in [0.15, 0.2) is 0 Å². The molecular formula is C21H27ClN4O4. The third-order valence-electron chi connectivity index (χ3n) is 4.89. The molecule has 2 aromatic rings. The lowest BCUT2D eigenvalue weighted by Crippen LogP contribution is -2.54. The van der Waals surface area contributed by atoms with Crippen LogP contribution in [0.15, 0.2) is 30.6 Å². The number of aromatic hydroxyl groups is 1. The molecule has 9 heteroatoms. The molecule has 0 radical (unpaired) electrons. The number of benzene rings is 1. The molecule has 0 bridgehead atoms. The number of imidazole rings is 1. The third-order valence-corrected chi connectivity index (χ3v) is 5.24. The number of piperazine rings is 1. The zero-order valence-electron chi connectivity index (χ0n) is 17.6. The zero-order valence-corrected chi connectivity index (χ0v) is 18.4. The lowest BCUT2D eigenvalue weighted by molar-refractivity contribution is -0.136. The van der Waals surface area contributed by atoms with Crippen LogP contribution >= 0.6 is 11.6 Å². The van der Waals surface area contributed by atoms with E-state index in [0.717, 1.165) is 0 Å². The van der Waals surface area contributed by atoms with Gasteiger partial charge in [0.05, 0.1) is 13.0 Å². The van der Waals surface area contributed by atoms with Crippen LogP contribution in [0.4, 0.5) is 4.79 Å². The second-order valence-electron chi connectivity index (χ2n) is 8.38. The van der Waals surface area contributed by atoms with Gasteiger partial charge in [-0.15, -0.1) is 0 Å². The average Bonchev–Trinajstić information content (AvgIpc) is 3.08. The van der Waals surface area contributed by atoms with E-state index in [1.165, 1.54) is 12.1 Å². The van der Waals surface area contributed by atoms with Gasteiger partial charge in [0.2, 0.25) is 5.91 Å². The molecule has 1 aliphatic heterocycles. The lowest BCUT2D eigenvalue weighted by atomic mass is 10.1. The summed E-state index contributed by atoms with van der Waals surface area (Å²) in [4.78, 5) is 33.5. The molecule has 1 saturated heterocycles. The first-order valence-electron chi connectivity index (χ1n) is 9.77. The molecule has 1 aliphatic rings. The van der Waals surface area contributed by atoms with Crippen molar-refractivity contribution in [2.75, 3.05) is 19.6 Å². The zero-order chi connectivity index (χ0) is 22.1. The molecule has 8 nitrogen and oxygen atoms in total. The Morgan fingerprint density at radius 1 is 1.30 bits per heavy atom. The number of carbonyl (C=O) groups excluding carboxylic acids is 2. The van der Waals surface area contributed by atoms with Gasteiger partial charge in [-0.2, -0.15) is 0 Å². The summed E-state index contributed by atoms with van der Waals surface area (Å²) in [5.41, 5.74) is 0.0332. The molecule has 1 fully saturated rings. The quantitative estimate of drug-likeness (QED) is 0.801. The smallest absolute Gasteiger partial charge is 0.410 e. The number of halogens is 1. The molecule has 0 spiro atoms. The fraction of sp³-hybridized carbons (Fsp3) is 0.476. The van der Waals surface area contributed by atoms with Gasteiger partial charge in [0, 0.05) is 37.6 Å². The highest BCUT2D eigenvalue weighted by Gasteiger charge is 2.37. The van der Waals surface area contributed by atoms with Gasteiger partial charge in [-0.05, 0) is 38.5 Å². The summed E-state index contributed by atoms with van der Waals surface area (Å²) in [6, 6.07) is 4.16. The van der Waals surface area contributed by atoms with Gasteiger partial charge >= 0.3 is 6.09 Å². The van der Waals surface area contributed by atoms with E-state index in [1.807, 2.05) is 32.4 Å². The van der Waals surface area contributed by atoms with Crippen molar-refractivity contribution in [1.29, 1.82) is 0 Å². The van der Waals surface area contributed by atoms with Gasteiger partial charge < -0.3 is 24.2 Å². The predicted molar refractivity (Wildman–Crippen MR) is 112 cm³/mol. The molecule has 3 rings (SSSR count). The Hall–Kier alpha value is -2.74. The van der Waals surface area contributed by atoms with Crippen molar-refractivity contribution in [2.24, 2.45) is 7.05 Å². The van der Waals surface area contributed by atoms with Crippen LogP contribution in [0.5, 0.6) is 5.75 Å². The number of rotatable bonds is 3. The summed E-state index contributed by atoms with van der Waals surface area (Å²) in [5, 5.41) is 9.88. The number of hydrogen-bond acceptors (Lipinski definition) is 5. The van der Waals surface area contributed by atoms with Crippen LogP contribution in [-0.2, 0) is 23.0 Å². The summed E-state index contributed by atoms with van der Waals surface area (Å²) >= 11 is 6.18. The van der Waals surface area contributed by atoms with Crippen molar-refractivity contribution >= 4 is 23.6 Å². The van der Waals surface area contributed by atoms with Gasteiger partial charge in [-0.1, -0.05) is 17.7 Å². The summed E-state index contributed by atoms with van der Waals surface area (Å²) in [6.07, 6.45) is 3.16. The van der Waals surface area contributed by atoms with Crippen molar-refractivity contribution in [3.63, 3.8) is 0 Å². The SMILES string of the molecule is Cn1ccnc1C1CN(C(=O)OC(C)(C)C)CCN1C(=O)Cc1ccc(O)cc1Cl. The number of phenols is 1. The number of nitrogens with zero attached hydrogens (tertiary/aromatic N) is 4. The van der Waals surface area contributed by atoms with Gasteiger partial charge in [-0.3, -0.25) is 4.79 Å². The summed E-state index contributed by atoms with van der Waals surface area (Å²) in [6.45, 7) is 6.47. The van der Waals surface area contributed by atoms with E-state index in [9.17, 15) is 14.7 Å². The Morgan fingerprint density at radius 3 is 2.63 bits per heavy atom. The predicted octanol–water partition coefficient (Wildman–Crippen LogP) is 3.14. The summed E-state index contributed by atoms with van der Waals surface area (Å²) in [5.74, 6) is 0.612. The Kier molecular flexibility index (Phi) is 6.26. The molecule has 2 amide bonds. The molecule has 1 unspecified atom stereocenters. The van der Waals surface area contributed by atoms with E-state index in [0.29, 0.717) is 29.5 Å². The molecule has 1 aromatic heterocycles. The van der Waals surface area contributed by atoms with Crippen molar-refractivity contribution in [2.45, 2.75) is 38.8 Å². The molecule has 0 aliphatic carbocycles. The van der Waals surface area contributed by atoms with Crippen LogP contribution in [0.3, 0.4) is 0 Å². The topological polar surface area (TPSA) is 87.9 Å². The first-order chi connectivity index (χ1) is 14.0. The van der Waals surface area contributed by atoms with E-state index in [-0.39, 0.29) is 24.6 Å². The van der Waals surface area contributed by atoms with Crippen molar-refractivity contribution in [3.05, 3.63) is 47.0 Å². The van der Waals surface area contributed by atoms with Crippen LogP contribution in [0.25, 0.3) is 0 Å². The second-order valence-corrected chi connectivity index (χ2v) is 8.79. The van der Waals surface area contributed by atoms with E-state index >= 15 is 0 Å². The van der Waals surface area contributed by atoms with Gasteiger partial charge in [0.1, 0.15) is 23.2 Å². The minimum absolute atomic E-state index is 0.0491. The number of amides is 2. The maximum absolute atomic E-state index is 13.2. The number of carbonyl (C=O) groups is 2. The second kappa shape index (κ2) is 8.55. The molecule has 2 heterocycles. The number of hydrogen-bond donors (Lipinski definition) is 1. The summed E-state index contributed by atoms with van der Waals surface area (Å²) < 4.78 is 7.35. The van der Waals surface area contributed by atoms with Crippen LogP contribution < -0.4 is 0 Å². The highest BCUT2D eigenvalue weighted by molar-refractivity contribution is 6.31. The highest BCUT2D eigenvalue weighted by atomic mass is 35.5. The van der Waals surface area contributed by atoms with Crippen LogP contribution in [0.2, 0.25) is 5.02 Å². The summed E-state index contributed by atoms with van der Waals surface area (Å²) in [7, 11) is 1.86. The Morgan fingerprint density at radius 2 is 2.03 bits per heavy atom. The van der Waals surface area contributed by atoms with Crippen LogP contribution in [0.1, 0.15) is 38.2 Å². The number of ether oxygens (including phenoxy) is 1. The van der Waals surface area contributed by atoms with E-state index < -0.39 is 17.7 Å². The standard InChI is InChI=1S/C21H27ClN4O4/c1-21(2,3)30-20(29)25-9-10-26(17(13-25)19-23-7-8-24(19)4)18(28)11-14-5-6-15(27)12-16(14)22/h5-8,12,17,27H,9-11,13H2,1-4H3. The molecule has 162 valence electrons. The molecule has 0 saturated carbocycles. The van der Waals surface area contributed by atoms with Gasteiger partial charge in [-0.25, -0.2) is 9.78 Å². The normalized spacial score (nSPS) is 17.2. The van der Waals surface area contributed by atoms with Crippen molar-refractivity contribution < 1.29 is 19.4 Å². The fourth-order valence-corrected chi connectivity index (χ4v) is 3.68. The minimum Gasteiger partial charge on any atom is -0.508 e. The minimum atomic E-state index is -0.599. The van der Waals surface area contributed by atoms with E-state index in [4.69, 9.17) is 16.3 Å². The van der Waals surface area contributed by atoms with E-state index in [2.05, 4.69) is 4.98 Å². The number of aromatic nitrogens is 2. The van der Waals surface area contributed by atoms with Crippen molar-refractivity contribution in [3.8, 4) is 5.75 Å². The highest BCUT2D eigenvalue weighted by Crippen LogP contribution is 2.28. The number of aryl methyl sites for hydroxylation is 1. The third kappa shape index (κ3) is 5.05. The monoisotopic (exact) mass is 434 g/mol. The Balaban J connectivity index is 1.82. The van der Waals surface area contributed by atoms with Crippen LogP contribution in [0, 0.1) is 0 Å². The molecule has 30 heavy (non-hydrogen) atoms. The fourth-order valence-electron chi connectivity index (χ4n) is 3.44. The van der Waals surface area contributed by atoms with Crippen molar-refractivity contribution in [1.82, 2.24) is 19.4 Å². The molecule has 1 atom stereocenters. The van der Waals surface area contributed by atoms with Gasteiger partial charge in [0.25, 0.3) is 0 Å². The number of phenolic OH excluding ortho intramolecular Hbond substituents is 1. The van der Waals surface area contributed by atoms with Crippen LogP contribution in [-0.4, -0.2) is 61.7 Å². The first kappa shape index (κ1) is 22.0. The Bertz CT molecular complexity index is 937. The molecule has 1 aromatic carbocycles. The lowest BCUT2D eigenvalue weighted by Gasteiger charge is -2.41. The maximum Gasteiger partial charge on any atom is 0.410 e.